The van der Waals surface area contributed by atoms with Gasteiger partial charge in [-0.3, -0.25) is 0 Å². The van der Waals surface area contributed by atoms with Crippen molar-refractivity contribution in [2.45, 2.75) is 0 Å². The SMILES string of the molecule is Fc1cccc(-c2nc3ncnc(Cl)c3[nH]2)c1. The van der Waals surface area contributed by atoms with Gasteiger partial charge < -0.3 is 4.98 Å². The van der Waals surface area contributed by atoms with Gasteiger partial charge in [0.1, 0.15) is 23.5 Å². The predicted molar refractivity (Wildman–Crippen MR) is 62.1 cm³/mol. The summed E-state index contributed by atoms with van der Waals surface area (Å²) >= 11 is 5.89. The molecule has 0 amide bonds. The second-order valence-electron chi connectivity index (χ2n) is 3.46. The highest BCUT2D eigenvalue weighted by Gasteiger charge is 2.09. The van der Waals surface area contributed by atoms with Crippen molar-refractivity contribution in [2.75, 3.05) is 0 Å². The number of fused-ring (bicyclic) bond motifs is 1. The molecular formula is C11H6ClFN4. The number of hydrogen-bond acceptors (Lipinski definition) is 3. The fourth-order valence-electron chi connectivity index (χ4n) is 1.57. The highest BCUT2D eigenvalue weighted by molar-refractivity contribution is 6.33. The average Bonchev–Trinajstić information content (AvgIpc) is 2.74. The molecule has 17 heavy (non-hydrogen) atoms. The molecule has 0 saturated heterocycles. The third kappa shape index (κ3) is 1.74. The molecular weight excluding hydrogens is 243 g/mol. The molecule has 3 rings (SSSR count). The van der Waals surface area contributed by atoms with Gasteiger partial charge in [-0.15, -0.1) is 0 Å². The number of imidazole rings is 1. The summed E-state index contributed by atoms with van der Waals surface area (Å²) in [5.41, 5.74) is 1.65. The number of hydrogen-bond donors (Lipinski definition) is 1. The second-order valence-corrected chi connectivity index (χ2v) is 3.82. The molecule has 2 heterocycles. The van der Waals surface area contributed by atoms with E-state index in [-0.39, 0.29) is 5.82 Å². The molecule has 0 bridgehead atoms. The number of nitrogens with one attached hydrogen (secondary N) is 1. The minimum atomic E-state index is -0.319. The van der Waals surface area contributed by atoms with Crippen molar-refractivity contribution in [1.82, 2.24) is 19.9 Å². The first-order valence-corrected chi connectivity index (χ1v) is 5.24. The van der Waals surface area contributed by atoms with Crippen LogP contribution in [-0.2, 0) is 0 Å². The van der Waals surface area contributed by atoms with Gasteiger partial charge in [0, 0.05) is 5.56 Å². The van der Waals surface area contributed by atoms with Crippen molar-refractivity contribution < 1.29 is 4.39 Å². The number of halogens is 2. The highest BCUT2D eigenvalue weighted by Crippen LogP contribution is 2.22. The second kappa shape index (κ2) is 3.78. The number of H-pyrrole nitrogens is 1. The topological polar surface area (TPSA) is 54.5 Å². The normalized spacial score (nSPS) is 10.9. The number of aromatic nitrogens is 4. The van der Waals surface area contributed by atoms with E-state index in [4.69, 9.17) is 11.6 Å². The number of benzene rings is 1. The summed E-state index contributed by atoms with van der Waals surface area (Å²) in [6, 6.07) is 6.13. The molecule has 0 aliphatic carbocycles. The van der Waals surface area contributed by atoms with Crippen LogP contribution < -0.4 is 0 Å². The molecule has 0 atom stereocenters. The lowest BCUT2D eigenvalue weighted by molar-refractivity contribution is 0.628. The van der Waals surface area contributed by atoms with Crippen molar-refractivity contribution >= 4 is 22.8 Å². The van der Waals surface area contributed by atoms with E-state index < -0.39 is 0 Å². The Morgan fingerprint density at radius 3 is 2.88 bits per heavy atom. The van der Waals surface area contributed by atoms with E-state index in [0.717, 1.165) is 0 Å². The first kappa shape index (κ1) is 10.2. The average molecular weight is 249 g/mol. The summed E-state index contributed by atoms with van der Waals surface area (Å²) < 4.78 is 13.1. The molecule has 2 aromatic heterocycles. The minimum Gasteiger partial charge on any atom is -0.334 e. The zero-order chi connectivity index (χ0) is 11.8. The van der Waals surface area contributed by atoms with E-state index in [1.54, 1.807) is 12.1 Å². The van der Waals surface area contributed by atoms with Gasteiger partial charge in [-0.1, -0.05) is 23.7 Å². The largest absolute Gasteiger partial charge is 0.334 e. The van der Waals surface area contributed by atoms with Crippen LogP contribution in [0.4, 0.5) is 4.39 Å². The summed E-state index contributed by atoms with van der Waals surface area (Å²) in [7, 11) is 0. The lowest BCUT2D eigenvalue weighted by Crippen LogP contribution is -1.81. The van der Waals surface area contributed by atoms with E-state index in [1.807, 2.05) is 0 Å². The maximum atomic E-state index is 13.1. The Morgan fingerprint density at radius 1 is 1.24 bits per heavy atom. The number of rotatable bonds is 1. The predicted octanol–water partition coefficient (Wildman–Crippen LogP) is 2.81. The Balaban J connectivity index is 2.22. The van der Waals surface area contributed by atoms with Gasteiger partial charge in [-0.05, 0) is 12.1 Å². The van der Waals surface area contributed by atoms with Crippen LogP contribution in [0.5, 0.6) is 0 Å². The van der Waals surface area contributed by atoms with Crippen molar-refractivity contribution in [3.8, 4) is 11.4 Å². The van der Waals surface area contributed by atoms with Gasteiger partial charge in [-0.2, -0.15) is 0 Å². The van der Waals surface area contributed by atoms with E-state index in [9.17, 15) is 4.39 Å². The van der Waals surface area contributed by atoms with Gasteiger partial charge >= 0.3 is 0 Å². The van der Waals surface area contributed by atoms with Crippen LogP contribution in [-0.4, -0.2) is 19.9 Å². The van der Waals surface area contributed by atoms with Crippen LogP contribution >= 0.6 is 11.6 Å². The van der Waals surface area contributed by atoms with Crippen LogP contribution in [0.2, 0.25) is 5.15 Å². The molecule has 0 spiro atoms. The van der Waals surface area contributed by atoms with Crippen molar-refractivity contribution in [3.05, 3.63) is 41.6 Å². The smallest absolute Gasteiger partial charge is 0.182 e. The first-order chi connectivity index (χ1) is 8.24. The lowest BCUT2D eigenvalue weighted by atomic mass is 10.2. The van der Waals surface area contributed by atoms with Crippen molar-refractivity contribution in [1.29, 1.82) is 0 Å². The molecule has 1 N–H and O–H groups in total. The molecule has 0 saturated carbocycles. The summed E-state index contributed by atoms with van der Waals surface area (Å²) in [4.78, 5) is 15.0. The summed E-state index contributed by atoms with van der Waals surface area (Å²) in [5, 5.41) is 0.296. The minimum absolute atomic E-state index is 0.296. The van der Waals surface area contributed by atoms with Gasteiger partial charge in [0.2, 0.25) is 0 Å². The van der Waals surface area contributed by atoms with E-state index in [0.29, 0.717) is 27.7 Å². The van der Waals surface area contributed by atoms with Gasteiger partial charge in [0.25, 0.3) is 0 Å². The van der Waals surface area contributed by atoms with Crippen LogP contribution in [0.25, 0.3) is 22.6 Å². The maximum Gasteiger partial charge on any atom is 0.182 e. The molecule has 0 aliphatic heterocycles. The monoisotopic (exact) mass is 248 g/mol. The standard InChI is InChI=1S/C11H6ClFN4/c12-9-8-11(15-5-14-9)17-10(16-8)6-2-1-3-7(13)4-6/h1-5H,(H,14,15,16,17). The van der Waals surface area contributed by atoms with Crippen LogP contribution in [0.15, 0.2) is 30.6 Å². The van der Waals surface area contributed by atoms with Crippen LogP contribution in [0, 0.1) is 5.82 Å². The van der Waals surface area contributed by atoms with Crippen molar-refractivity contribution in [2.24, 2.45) is 0 Å². The zero-order valence-electron chi connectivity index (χ0n) is 8.48. The molecule has 0 unspecified atom stereocenters. The molecule has 0 aliphatic rings. The molecule has 4 nitrogen and oxygen atoms in total. The fourth-order valence-corrected chi connectivity index (χ4v) is 1.75. The Hall–Kier alpha value is -2.01. The van der Waals surface area contributed by atoms with Crippen LogP contribution in [0.1, 0.15) is 0 Å². The first-order valence-electron chi connectivity index (χ1n) is 4.86. The maximum absolute atomic E-state index is 13.1. The third-order valence-corrected chi connectivity index (χ3v) is 2.63. The Morgan fingerprint density at radius 2 is 2.12 bits per heavy atom. The molecule has 0 radical (unpaired) electrons. The van der Waals surface area contributed by atoms with E-state index in [1.165, 1.54) is 18.5 Å². The summed E-state index contributed by atoms with van der Waals surface area (Å²) in [5.74, 6) is 0.196. The van der Waals surface area contributed by atoms with Gasteiger partial charge in [-0.25, -0.2) is 19.3 Å². The number of aromatic amines is 1. The van der Waals surface area contributed by atoms with Crippen molar-refractivity contribution in [3.63, 3.8) is 0 Å². The van der Waals surface area contributed by atoms with E-state index >= 15 is 0 Å². The Kier molecular flexibility index (Phi) is 2.26. The molecule has 1 aromatic carbocycles. The van der Waals surface area contributed by atoms with Gasteiger partial charge in [0.15, 0.2) is 10.8 Å². The Labute approximate surface area is 101 Å². The molecule has 84 valence electrons. The zero-order valence-corrected chi connectivity index (χ0v) is 9.24. The summed E-state index contributed by atoms with van der Waals surface area (Å²) in [6.45, 7) is 0. The molecule has 6 heteroatoms. The van der Waals surface area contributed by atoms with E-state index in [2.05, 4.69) is 19.9 Å². The molecule has 0 fully saturated rings. The lowest BCUT2D eigenvalue weighted by Gasteiger charge is -1.95. The third-order valence-electron chi connectivity index (χ3n) is 2.34. The highest BCUT2D eigenvalue weighted by atomic mass is 35.5. The Bertz CT molecular complexity index is 695. The van der Waals surface area contributed by atoms with Gasteiger partial charge in [0.05, 0.1) is 0 Å². The quantitative estimate of drug-likeness (QED) is 0.674. The molecule has 3 aromatic rings. The number of nitrogens with zero attached hydrogens (tertiary/aromatic N) is 3. The fraction of sp³-hybridized carbons (Fsp3) is 0. The van der Waals surface area contributed by atoms with Crippen LogP contribution in [0.3, 0.4) is 0 Å². The summed E-state index contributed by atoms with van der Waals surface area (Å²) in [6.07, 6.45) is 1.33.